The van der Waals surface area contributed by atoms with Gasteiger partial charge in [-0.25, -0.2) is 4.79 Å². The summed E-state index contributed by atoms with van der Waals surface area (Å²) in [6.07, 6.45) is -0.837. The predicted molar refractivity (Wildman–Crippen MR) is 86.7 cm³/mol. The number of aliphatic hydroxyl groups excluding tert-OH is 1. The number of carbonyl (C=O) groups is 3. The molecule has 0 aromatic rings. The maximum absolute atomic E-state index is 12.1. The lowest BCUT2D eigenvalue weighted by molar-refractivity contribution is -0.143. The molecule has 0 heterocycles. The number of aliphatic carboxylic acids is 1. The Bertz CT molecular complexity index is 475. The van der Waals surface area contributed by atoms with Gasteiger partial charge in [-0.2, -0.15) is 0 Å². The van der Waals surface area contributed by atoms with Crippen molar-refractivity contribution in [1.29, 1.82) is 0 Å². The molecule has 2 amide bonds. The van der Waals surface area contributed by atoms with Gasteiger partial charge in [0, 0.05) is 6.54 Å². The molecule has 11 nitrogen and oxygen atoms in total. The van der Waals surface area contributed by atoms with Crippen molar-refractivity contribution in [3.05, 3.63) is 0 Å². The van der Waals surface area contributed by atoms with Crippen LogP contribution < -0.4 is 27.8 Å². The maximum atomic E-state index is 12.1. The highest BCUT2D eigenvalue weighted by atomic mass is 16.4. The number of nitrogens with zero attached hydrogens (tertiary/aromatic N) is 1. The topological polar surface area (TPSA) is 206 Å². The van der Waals surface area contributed by atoms with Crippen molar-refractivity contribution in [1.82, 2.24) is 10.6 Å². The van der Waals surface area contributed by atoms with E-state index in [9.17, 15) is 19.5 Å². The highest BCUT2D eigenvalue weighted by Crippen LogP contribution is 2.02. The number of amides is 2. The first-order valence-corrected chi connectivity index (χ1v) is 7.38. The van der Waals surface area contributed by atoms with Crippen LogP contribution in [0.5, 0.6) is 0 Å². The molecule has 0 aliphatic heterocycles. The molecule has 0 saturated heterocycles. The Balaban J connectivity index is 4.78. The molecule has 10 N–H and O–H groups in total. The quantitative estimate of drug-likeness (QED) is 0.122. The third-order valence-electron chi connectivity index (χ3n) is 3.04. The SMILES string of the molecule is C[C@H](N)C(=O)N[C@H](C(=O)N[C@@H](CCCN=C(N)N)C(=O)O)[C@@H](C)O. The van der Waals surface area contributed by atoms with E-state index in [4.69, 9.17) is 22.3 Å². The first-order chi connectivity index (χ1) is 11.1. The van der Waals surface area contributed by atoms with E-state index < -0.39 is 42.0 Å². The number of carbonyl (C=O) groups excluding carboxylic acids is 2. The Morgan fingerprint density at radius 1 is 1.12 bits per heavy atom. The van der Waals surface area contributed by atoms with Gasteiger partial charge in [0.2, 0.25) is 11.8 Å². The summed E-state index contributed by atoms with van der Waals surface area (Å²) in [4.78, 5) is 38.6. The Morgan fingerprint density at radius 3 is 2.12 bits per heavy atom. The number of hydrogen-bond acceptors (Lipinski definition) is 6. The lowest BCUT2D eigenvalue weighted by atomic mass is 10.1. The Labute approximate surface area is 139 Å². The Morgan fingerprint density at radius 2 is 1.71 bits per heavy atom. The third kappa shape index (κ3) is 8.29. The summed E-state index contributed by atoms with van der Waals surface area (Å²) in [6, 6.07) is -3.41. The third-order valence-corrected chi connectivity index (χ3v) is 3.04. The molecule has 0 rings (SSSR count). The van der Waals surface area contributed by atoms with Crippen LogP contribution in [-0.2, 0) is 14.4 Å². The standard InChI is InChI=1S/C13H26N6O5/c1-6(14)10(21)19-9(7(2)20)11(22)18-8(12(23)24)4-3-5-17-13(15)16/h6-9,20H,3-5,14H2,1-2H3,(H,18,22)(H,19,21)(H,23,24)(H4,15,16,17)/t6-,7+,8-,9-/m0/s1. The first-order valence-electron chi connectivity index (χ1n) is 7.38. The summed E-state index contributed by atoms with van der Waals surface area (Å²) >= 11 is 0. The molecule has 0 fully saturated rings. The maximum Gasteiger partial charge on any atom is 0.326 e. The molecule has 0 spiro atoms. The zero-order chi connectivity index (χ0) is 18.9. The molecule has 0 aliphatic rings. The van der Waals surface area contributed by atoms with Gasteiger partial charge in [-0.15, -0.1) is 0 Å². The number of carboxylic acids is 1. The van der Waals surface area contributed by atoms with Crippen LogP contribution in [0, 0.1) is 0 Å². The molecule has 0 bridgehead atoms. The van der Waals surface area contributed by atoms with Crippen molar-refractivity contribution in [3.63, 3.8) is 0 Å². The minimum Gasteiger partial charge on any atom is -0.480 e. The second kappa shape index (κ2) is 10.4. The summed E-state index contributed by atoms with van der Waals surface area (Å²) in [5, 5.41) is 23.3. The van der Waals surface area contributed by atoms with Gasteiger partial charge in [0.25, 0.3) is 0 Å². The molecule has 0 aliphatic carbocycles. The summed E-state index contributed by atoms with van der Waals surface area (Å²) in [6.45, 7) is 2.92. The highest BCUT2D eigenvalue weighted by molar-refractivity contribution is 5.92. The molecular formula is C13H26N6O5. The second-order valence-electron chi connectivity index (χ2n) is 5.36. The number of rotatable bonds is 10. The largest absolute Gasteiger partial charge is 0.480 e. The molecule has 0 aromatic heterocycles. The van der Waals surface area contributed by atoms with Crippen molar-refractivity contribution in [2.75, 3.05) is 6.54 Å². The molecule has 0 radical (unpaired) electrons. The molecular weight excluding hydrogens is 320 g/mol. The van der Waals surface area contributed by atoms with Gasteiger partial charge >= 0.3 is 5.97 Å². The van der Waals surface area contributed by atoms with Crippen LogP contribution >= 0.6 is 0 Å². The van der Waals surface area contributed by atoms with Crippen molar-refractivity contribution in [3.8, 4) is 0 Å². The number of guanidine groups is 1. The molecule has 24 heavy (non-hydrogen) atoms. The van der Waals surface area contributed by atoms with Gasteiger partial charge in [-0.3, -0.25) is 14.6 Å². The van der Waals surface area contributed by atoms with Crippen molar-refractivity contribution < 1.29 is 24.6 Å². The first kappa shape index (κ1) is 21.6. The van der Waals surface area contributed by atoms with E-state index in [1.54, 1.807) is 0 Å². The summed E-state index contributed by atoms with van der Waals surface area (Å²) in [5.74, 6) is -2.83. The van der Waals surface area contributed by atoms with E-state index in [2.05, 4.69) is 15.6 Å². The van der Waals surface area contributed by atoms with Crippen molar-refractivity contribution in [2.45, 2.75) is 50.9 Å². The molecule has 0 unspecified atom stereocenters. The van der Waals surface area contributed by atoms with E-state index in [1.165, 1.54) is 13.8 Å². The Hall–Kier alpha value is -2.40. The molecule has 11 heteroatoms. The lowest BCUT2D eigenvalue weighted by Gasteiger charge is -2.24. The Kier molecular flexibility index (Phi) is 9.35. The number of carboxylic acid groups (broad SMARTS) is 1. The number of nitrogens with two attached hydrogens (primary N) is 3. The van der Waals surface area contributed by atoms with E-state index in [0.717, 1.165) is 0 Å². The summed E-state index contributed by atoms with van der Waals surface area (Å²) in [7, 11) is 0. The van der Waals surface area contributed by atoms with Crippen molar-refractivity contribution >= 4 is 23.7 Å². The molecule has 138 valence electrons. The number of hydrogen-bond donors (Lipinski definition) is 7. The fourth-order valence-electron chi connectivity index (χ4n) is 1.71. The van der Waals surface area contributed by atoms with Crippen LogP contribution in [0.2, 0.25) is 0 Å². The number of aliphatic hydroxyl groups is 1. The van der Waals surface area contributed by atoms with E-state index in [1.807, 2.05) is 0 Å². The smallest absolute Gasteiger partial charge is 0.326 e. The molecule has 0 saturated carbocycles. The summed E-state index contributed by atoms with van der Waals surface area (Å²) in [5.41, 5.74) is 15.7. The number of aliphatic imine (C=N–C) groups is 1. The fourth-order valence-corrected chi connectivity index (χ4v) is 1.71. The number of nitrogens with one attached hydrogen (secondary N) is 2. The van der Waals surface area contributed by atoms with Gasteiger partial charge in [0.05, 0.1) is 12.1 Å². The van der Waals surface area contributed by atoms with Crippen LogP contribution in [0.4, 0.5) is 0 Å². The van der Waals surface area contributed by atoms with E-state index in [0.29, 0.717) is 6.42 Å². The average molecular weight is 346 g/mol. The van der Waals surface area contributed by atoms with Gasteiger partial charge in [0.15, 0.2) is 5.96 Å². The van der Waals surface area contributed by atoms with Gasteiger partial charge in [-0.05, 0) is 26.7 Å². The van der Waals surface area contributed by atoms with Crippen LogP contribution in [0.3, 0.4) is 0 Å². The minimum absolute atomic E-state index is 0.0750. The van der Waals surface area contributed by atoms with Gasteiger partial charge in [0.1, 0.15) is 12.1 Å². The predicted octanol–water partition coefficient (Wildman–Crippen LogP) is -3.18. The normalized spacial score (nSPS) is 15.5. The minimum atomic E-state index is -1.32. The summed E-state index contributed by atoms with van der Waals surface area (Å²) < 4.78 is 0. The zero-order valence-electron chi connectivity index (χ0n) is 13.7. The van der Waals surface area contributed by atoms with Crippen LogP contribution in [0.15, 0.2) is 4.99 Å². The van der Waals surface area contributed by atoms with Crippen LogP contribution in [-0.4, -0.2) is 64.7 Å². The van der Waals surface area contributed by atoms with Crippen LogP contribution in [0.25, 0.3) is 0 Å². The zero-order valence-corrected chi connectivity index (χ0v) is 13.7. The van der Waals surface area contributed by atoms with Crippen LogP contribution in [0.1, 0.15) is 26.7 Å². The van der Waals surface area contributed by atoms with Gasteiger partial charge in [-0.1, -0.05) is 0 Å². The average Bonchev–Trinajstić information content (AvgIpc) is 2.46. The van der Waals surface area contributed by atoms with E-state index >= 15 is 0 Å². The second-order valence-corrected chi connectivity index (χ2v) is 5.36. The fraction of sp³-hybridized carbons (Fsp3) is 0.692. The molecule has 4 atom stereocenters. The lowest BCUT2D eigenvalue weighted by Crippen LogP contribution is -2.57. The molecule has 0 aromatic carbocycles. The van der Waals surface area contributed by atoms with Gasteiger partial charge < -0.3 is 38.0 Å². The monoisotopic (exact) mass is 346 g/mol. The highest BCUT2D eigenvalue weighted by Gasteiger charge is 2.30. The van der Waals surface area contributed by atoms with Crippen molar-refractivity contribution in [2.24, 2.45) is 22.2 Å². The van der Waals surface area contributed by atoms with E-state index in [-0.39, 0.29) is 18.9 Å².